The van der Waals surface area contributed by atoms with Gasteiger partial charge in [-0.1, -0.05) is 13.8 Å². The number of nitrogens with zero attached hydrogens (tertiary/aromatic N) is 1. The van der Waals surface area contributed by atoms with E-state index in [9.17, 15) is 0 Å². The molecule has 0 radical (unpaired) electrons. The number of hydrogen-bond donors (Lipinski definition) is 1. The Kier molecular flexibility index (Phi) is 5.45. The van der Waals surface area contributed by atoms with Gasteiger partial charge in [-0.2, -0.15) is 0 Å². The van der Waals surface area contributed by atoms with Crippen LogP contribution in [0.3, 0.4) is 0 Å². The van der Waals surface area contributed by atoms with E-state index in [1.807, 2.05) is 0 Å². The maximum absolute atomic E-state index is 5.39. The number of hydrogen-bond acceptors (Lipinski definition) is 3. The lowest BCUT2D eigenvalue weighted by Crippen LogP contribution is -2.43. The summed E-state index contributed by atoms with van der Waals surface area (Å²) in [6.07, 6.45) is 2.39. The topological polar surface area (TPSA) is 24.5 Å². The molecule has 1 saturated heterocycles. The fraction of sp³-hybridized carbons (Fsp3) is 1.00. The van der Waals surface area contributed by atoms with E-state index in [1.54, 1.807) is 0 Å². The highest BCUT2D eigenvalue weighted by Crippen LogP contribution is 2.11. The Morgan fingerprint density at radius 2 is 2.29 bits per heavy atom. The molecule has 3 nitrogen and oxygen atoms in total. The largest absolute Gasteiger partial charge is 0.380 e. The van der Waals surface area contributed by atoms with Crippen LogP contribution in [0.25, 0.3) is 0 Å². The molecule has 0 aliphatic carbocycles. The Bertz CT molecular complexity index is 146. The average molecular weight is 200 g/mol. The number of ether oxygens (including phenoxy) is 1. The molecule has 1 aliphatic heterocycles. The van der Waals surface area contributed by atoms with Crippen molar-refractivity contribution in [2.24, 2.45) is 0 Å². The molecular formula is C11H24N2O. The Labute approximate surface area is 87.8 Å². The zero-order chi connectivity index (χ0) is 10.4. The molecule has 0 aromatic heterocycles. The van der Waals surface area contributed by atoms with Crippen LogP contribution in [-0.2, 0) is 4.74 Å². The van der Waals surface area contributed by atoms with Gasteiger partial charge in [0.25, 0.3) is 0 Å². The lowest BCUT2D eigenvalue weighted by atomic mass is 10.1. The van der Waals surface area contributed by atoms with Crippen molar-refractivity contribution < 1.29 is 4.74 Å². The van der Waals surface area contributed by atoms with Crippen molar-refractivity contribution in [2.75, 3.05) is 33.4 Å². The minimum atomic E-state index is 0.630. The van der Waals surface area contributed by atoms with Gasteiger partial charge in [0.15, 0.2) is 0 Å². The van der Waals surface area contributed by atoms with E-state index in [-0.39, 0.29) is 0 Å². The van der Waals surface area contributed by atoms with Gasteiger partial charge in [-0.15, -0.1) is 0 Å². The summed E-state index contributed by atoms with van der Waals surface area (Å²) in [7, 11) is 2.21. The van der Waals surface area contributed by atoms with Crippen molar-refractivity contribution in [2.45, 2.75) is 38.8 Å². The van der Waals surface area contributed by atoms with E-state index in [4.69, 9.17) is 4.74 Å². The summed E-state index contributed by atoms with van der Waals surface area (Å²) in [5.74, 6) is 0. The first-order valence-corrected chi connectivity index (χ1v) is 5.79. The molecule has 1 aliphatic rings. The van der Waals surface area contributed by atoms with Crippen molar-refractivity contribution in [1.82, 2.24) is 10.2 Å². The Balaban J connectivity index is 2.25. The molecule has 1 heterocycles. The molecule has 1 N–H and O–H groups in total. The standard InChI is InChI=1S/C11H24N2O/c1-4-10(12-5-2)8-13(3)11-6-7-14-9-11/h10-12H,4-9H2,1-3H3. The van der Waals surface area contributed by atoms with Crippen LogP contribution in [0.2, 0.25) is 0 Å². The fourth-order valence-electron chi connectivity index (χ4n) is 1.99. The minimum Gasteiger partial charge on any atom is -0.380 e. The van der Waals surface area contributed by atoms with Crippen LogP contribution in [0.4, 0.5) is 0 Å². The molecule has 1 fully saturated rings. The third kappa shape index (κ3) is 3.56. The third-order valence-corrected chi connectivity index (χ3v) is 3.02. The quantitative estimate of drug-likeness (QED) is 0.695. The molecule has 1 rings (SSSR count). The van der Waals surface area contributed by atoms with Crippen molar-refractivity contribution in [3.63, 3.8) is 0 Å². The summed E-state index contributed by atoms with van der Waals surface area (Å²) in [5.41, 5.74) is 0. The van der Waals surface area contributed by atoms with Gasteiger partial charge >= 0.3 is 0 Å². The number of nitrogens with one attached hydrogen (secondary N) is 1. The minimum absolute atomic E-state index is 0.630. The maximum atomic E-state index is 5.39. The van der Waals surface area contributed by atoms with Gasteiger partial charge in [-0.3, -0.25) is 4.90 Å². The molecule has 0 aromatic rings. The predicted octanol–water partition coefficient (Wildman–Crippen LogP) is 1.10. The second-order valence-corrected chi connectivity index (χ2v) is 4.12. The summed E-state index contributed by atoms with van der Waals surface area (Å²) in [6.45, 7) is 8.46. The SMILES string of the molecule is CCNC(CC)CN(C)C1CCOC1. The van der Waals surface area contributed by atoms with Crippen molar-refractivity contribution in [1.29, 1.82) is 0 Å². The van der Waals surface area contributed by atoms with Gasteiger partial charge in [0.05, 0.1) is 6.61 Å². The first-order valence-electron chi connectivity index (χ1n) is 5.79. The van der Waals surface area contributed by atoms with E-state index in [0.717, 1.165) is 26.3 Å². The molecule has 2 unspecified atom stereocenters. The molecule has 3 heteroatoms. The highest BCUT2D eigenvalue weighted by molar-refractivity contribution is 4.77. The van der Waals surface area contributed by atoms with E-state index < -0.39 is 0 Å². The third-order valence-electron chi connectivity index (χ3n) is 3.02. The molecule has 14 heavy (non-hydrogen) atoms. The van der Waals surface area contributed by atoms with Crippen LogP contribution < -0.4 is 5.32 Å². The summed E-state index contributed by atoms with van der Waals surface area (Å²) in [6, 6.07) is 1.27. The zero-order valence-corrected chi connectivity index (χ0v) is 9.75. The Hall–Kier alpha value is -0.120. The smallest absolute Gasteiger partial charge is 0.0622 e. The van der Waals surface area contributed by atoms with Crippen LogP contribution in [0.15, 0.2) is 0 Å². The van der Waals surface area contributed by atoms with Gasteiger partial charge in [-0.05, 0) is 26.4 Å². The molecule has 0 spiro atoms. The molecule has 0 saturated carbocycles. The van der Waals surface area contributed by atoms with E-state index in [1.165, 1.54) is 12.8 Å². The summed E-state index contributed by atoms with van der Waals surface area (Å²) in [4.78, 5) is 2.43. The average Bonchev–Trinajstić information content (AvgIpc) is 2.69. The monoisotopic (exact) mass is 200 g/mol. The second kappa shape index (κ2) is 6.38. The molecule has 0 bridgehead atoms. The Morgan fingerprint density at radius 3 is 2.79 bits per heavy atom. The van der Waals surface area contributed by atoms with E-state index in [2.05, 4.69) is 31.1 Å². The normalized spacial score (nSPS) is 24.4. The van der Waals surface area contributed by atoms with E-state index in [0.29, 0.717) is 12.1 Å². The molecule has 2 atom stereocenters. The first kappa shape index (κ1) is 12.0. The van der Waals surface area contributed by atoms with Gasteiger partial charge in [0.2, 0.25) is 0 Å². The summed E-state index contributed by atoms with van der Waals surface area (Å²) < 4.78 is 5.39. The highest BCUT2D eigenvalue weighted by Gasteiger charge is 2.21. The second-order valence-electron chi connectivity index (χ2n) is 4.12. The van der Waals surface area contributed by atoms with Crippen molar-refractivity contribution in [3.05, 3.63) is 0 Å². The lowest BCUT2D eigenvalue weighted by Gasteiger charge is -2.27. The molecule has 0 amide bonds. The number of likely N-dealkylation sites (N-methyl/N-ethyl adjacent to an activating group) is 2. The summed E-state index contributed by atoms with van der Waals surface area (Å²) in [5, 5.41) is 3.50. The predicted molar refractivity (Wildman–Crippen MR) is 59.6 cm³/mol. The van der Waals surface area contributed by atoms with Crippen LogP contribution in [0.5, 0.6) is 0 Å². The van der Waals surface area contributed by atoms with Crippen LogP contribution in [0.1, 0.15) is 26.7 Å². The van der Waals surface area contributed by atoms with Gasteiger partial charge in [0, 0.05) is 25.2 Å². The van der Waals surface area contributed by atoms with Crippen LogP contribution >= 0.6 is 0 Å². The van der Waals surface area contributed by atoms with Gasteiger partial charge < -0.3 is 10.1 Å². The molecular weight excluding hydrogens is 176 g/mol. The zero-order valence-electron chi connectivity index (χ0n) is 9.75. The van der Waals surface area contributed by atoms with Crippen molar-refractivity contribution >= 4 is 0 Å². The summed E-state index contributed by atoms with van der Waals surface area (Å²) >= 11 is 0. The van der Waals surface area contributed by atoms with E-state index >= 15 is 0 Å². The Morgan fingerprint density at radius 1 is 1.50 bits per heavy atom. The first-order chi connectivity index (χ1) is 6.77. The van der Waals surface area contributed by atoms with Crippen molar-refractivity contribution in [3.8, 4) is 0 Å². The van der Waals surface area contributed by atoms with Crippen LogP contribution in [-0.4, -0.2) is 50.3 Å². The maximum Gasteiger partial charge on any atom is 0.0622 e. The fourth-order valence-corrected chi connectivity index (χ4v) is 1.99. The molecule has 84 valence electrons. The highest BCUT2D eigenvalue weighted by atomic mass is 16.5. The van der Waals surface area contributed by atoms with Gasteiger partial charge in [-0.25, -0.2) is 0 Å². The molecule has 0 aromatic carbocycles. The van der Waals surface area contributed by atoms with Crippen LogP contribution in [0, 0.1) is 0 Å². The van der Waals surface area contributed by atoms with Gasteiger partial charge in [0.1, 0.15) is 0 Å². The lowest BCUT2D eigenvalue weighted by molar-refractivity contribution is 0.152. The number of rotatable bonds is 6.